The van der Waals surface area contributed by atoms with Crippen molar-refractivity contribution in [2.45, 2.75) is 43.6 Å². The number of carbonyl (C=O) groups is 1. The van der Waals surface area contributed by atoms with Crippen LogP contribution in [-0.4, -0.2) is 94.8 Å². The molecule has 1 aromatic carbocycles. The summed E-state index contributed by atoms with van der Waals surface area (Å²) < 4.78 is 51.4. The van der Waals surface area contributed by atoms with E-state index in [0.717, 1.165) is 16.8 Å². The van der Waals surface area contributed by atoms with E-state index in [-0.39, 0.29) is 30.5 Å². The van der Waals surface area contributed by atoms with Gasteiger partial charge in [0.25, 0.3) is 6.43 Å². The summed E-state index contributed by atoms with van der Waals surface area (Å²) in [7, 11) is 1.61. The van der Waals surface area contributed by atoms with Gasteiger partial charge in [-0.05, 0) is 42.8 Å². The van der Waals surface area contributed by atoms with Crippen LogP contribution in [0, 0.1) is 0 Å². The molecule has 47 heavy (non-hydrogen) atoms. The van der Waals surface area contributed by atoms with Crippen molar-refractivity contribution < 1.29 is 37.6 Å². The lowest BCUT2D eigenvalue weighted by Gasteiger charge is -2.53. The summed E-state index contributed by atoms with van der Waals surface area (Å²) in [5, 5.41) is 10.2. The lowest BCUT2D eigenvalue weighted by Crippen LogP contribution is -2.68. The maximum Gasteiger partial charge on any atom is 0.326 e. The fraction of sp³-hybridized carbons (Fsp3) is 0.394. The standard InChI is InChI=1S/C33H34F2N6O6/c1-19-33(17-45-18-33)46-10-9-40(19)26-12-21(20-5-3-6-22(11-20)44-2)15-37-31(26)47-23-13-27(32(42)43)41(16-23)28-14-25(24-7-4-8-36-24)38-30(39-28)29(34)35/h3-8,11-12,14-15,19,23,27,29,36H,9-10,13,16-18H2,1-2H3,(H,42,43)/t19-,23-,27-/m0/s1. The number of ether oxygens (including phenoxy) is 4. The van der Waals surface area contributed by atoms with Gasteiger partial charge in [0.1, 0.15) is 35.0 Å². The van der Waals surface area contributed by atoms with Crippen molar-refractivity contribution in [3.8, 4) is 34.1 Å². The quantitative estimate of drug-likeness (QED) is 0.264. The molecule has 3 aliphatic heterocycles. The van der Waals surface area contributed by atoms with Crippen LogP contribution >= 0.6 is 0 Å². The second-order valence-electron chi connectivity index (χ2n) is 11.9. The molecule has 3 atom stereocenters. The molecule has 246 valence electrons. The average molecular weight is 649 g/mol. The van der Waals surface area contributed by atoms with Gasteiger partial charge in [0.2, 0.25) is 5.88 Å². The van der Waals surface area contributed by atoms with E-state index in [4.69, 9.17) is 23.9 Å². The normalized spacial score (nSPS) is 22.0. The lowest BCUT2D eigenvalue weighted by atomic mass is 9.90. The zero-order chi connectivity index (χ0) is 32.7. The Hall–Kier alpha value is -4.82. The zero-order valence-electron chi connectivity index (χ0n) is 25.8. The van der Waals surface area contributed by atoms with Gasteiger partial charge in [-0.1, -0.05) is 12.1 Å². The Morgan fingerprint density at radius 2 is 1.98 bits per heavy atom. The molecule has 2 N–H and O–H groups in total. The van der Waals surface area contributed by atoms with Crippen LogP contribution in [0.3, 0.4) is 0 Å². The highest BCUT2D eigenvalue weighted by Gasteiger charge is 2.50. The summed E-state index contributed by atoms with van der Waals surface area (Å²) >= 11 is 0. The minimum Gasteiger partial charge on any atom is -0.497 e. The maximum absolute atomic E-state index is 13.9. The first-order valence-electron chi connectivity index (χ1n) is 15.3. The maximum atomic E-state index is 13.9. The largest absolute Gasteiger partial charge is 0.497 e. The predicted octanol–water partition coefficient (Wildman–Crippen LogP) is 4.58. The van der Waals surface area contributed by atoms with Crippen LogP contribution in [0.25, 0.3) is 22.5 Å². The van der Waals surface area contributed by atoms with Crippen LogP contribution in [0.4, 0.5) is 20.3 Å². The molecule has 0 amide bonds. The summed E-state index contributed by atoms with van der Waals surface area (Å²) in [5.41, 5.74) is 2.77. The smallest absolute Gasteiger partial charge is 0.326 e. The zero-order valence-corrected chi connectivity index (χ0v) is 25.8. The average Bonchev–Trinajstić information content (AvgIpc) is 3.76. The van der Waals surface area contributed by atoms with Gasteiger partial charge in [-0.25, -0.2) is 28.5 Å². The number of carboxylic acid groups (broad SMARTS) is 1. The molecule has 3 aromatic heterocycles. The highest BCUT2D eigenvalue weighted by Crippen LogP contribution is 2.41. The second-order valence-corrected chi connectivity index (χ2v) is 11.9. The Morgan fingerprint density at radius 1 is 1.13 bits per heavy atom. The molecule has 12 nitrogen and oxygen atoms in total. The Balaban J connectivity index is 1.23. The number of aromatic amines is 1. The molecule has 7 rings (SSSR count). The summed E-state index contributed by atoms with van der Waals surface area (Å²) in [4.78, 5) is 31.9. The highest BCUT2D eigenvalue weighted by atomic mass is 19.3. The molecule has 3 aliphatic rings. The third kappa shape index (κ3) is 5.82. The number of morpholine rings is 1. The number of benzene rings is 1. The van der Waals surface area contributed by atoms with Crippen molar-refractivity contribution in [2.75, 3.05) is 49.8 Å². The summed E-state index contributed by atoms with van der Waals surface area (Å²) in [6, 6.07) is 13.5. The van der Waals surface area contributed by atoms with Gasteiger partial charge in [0, 0.05) is 37.0 Å². The Kier molecular flexibility index (Phi) is 8.14. The number of halogens is 2. The van der Waals surface area contributed by atoms with Gasteiger partial charge in [-0.2, -0.15) is 0 Å². The minimum absolute atomic E-state index is 0.0678. The number of carboxylic acids is 1. The minimum atomic E-state index is -2.95. The monoisotopic (exact) mass is 648 g/mol. The third-order valence-electron chi connectivity index (χ3n) is 9.11. The lowest BCUT2D eigenvalue weighted by molar-refractivity contribution is -0.228. The van der Waals surface area contributed by atoms with Crippen molar-refractivity contribution >= 4 is 17.5 Å². The first kappa shape index (κ1) is 30.8. The van der Waals surface area contributed by atoms with Gasteiger partial charge >= 0.3 is 5.97 Å². The number of rotatable bonds is 9. The molecular weight excluding hydrogens is 614 g/mol. The molecule has 1 spiro atoms. The van der Waals surface area contributed by atoms with Gasteiger partial charge in [-0.3, -0.25) is 0 Å². The molecule has 14 heteroatoms. The number of pyridine rings is 1. The first-order valence-corrected chi connectivity index (χ1v) is 15.3. The number of aromatic nitrogens is 4. The number of hydrogen-bond donors (Lipinski definition) is 2. The molecule has 0 aliphatic carbocycles. The SMILES string of the molecule is COc1cccc(-c2cnc(O[C@H]3C[C@@H](C(=O)O)N(c4cc(-c5ccc[nH]5)nc(C(F)F)n4)C3)c(N3CCOC4(COC4)[C@@H]3C)c2)c1. The summed E-state index contributed by atoms with van der Waals surface area (Å²) in [6.45, 7) is 4.18. The molecule has 0 unspecified atom stereocenters. The van der Waals surface area contributed by atoms with Gasteiger partial charge in [0.05, 0.1) is 50.9 Å². The fourth-order valence-corrected chi connectivity index (χ4v) is 6.45. The van der Waals surface area contributed by atoms with Gasteiger partial charge in [0.15, 0.2) is 5.82 Å². The molecule has 3 fully saturated rings. The number of methoxy groups -OCH3 is 1. The van der Waals surface area contributed by atoms with Crippen LogP contribution in [0.5, 0.6) is 11.6 Å². The van der Waals surface area contributed by atoms with Gasteiger partial charge < -0.3 is 38.8 Å². The van der Waals surface area contributed by atoms with Crippen molar-refractivity contribution in [2.24, 2.45) is 0 Å². The van der Waals surface area contributed by atoms with E-state index in [1.807, 2.05) is 30.3 Å². The molecule has 0 saturated carbocycles. The summed E-state index contributed by atoms with van der Waals surface area (Å²) in [5.74, 6) is -0.689. The van der Waals surface area contributed by atoms with Crippen molar-refractivity contribution in [3.05, 3.63) is 66.7 Å². The first-order chi connectivity index (χ1) is 22.7. The number of anilines is 2. The predicted molar refractivity (Wildman–Crippen MR) is 167 cm³/mol. The number of nitrogens with zero attached hydrogens (tertiary/aromatic N) is 5. The van der Waals surface area contributed by atoms with Crippen molar-refractivity contribution in [1.29, 1.82) is 0 Å². The number of alkyl halides is 2. The Labute approximate surface area is 269 Å². The van der Waals surface area contributed by atoms with Crippen LogP contribution in [0.2, 0.25) is 0 Å². The van der Waals surface area contributed by atoms with E-state index in [2.05, 4.69) is 26.8 Å². The van der Waals surface area contributed by atoms with E-state index in [1.165, 1.54) is 11.0 Å². The molecule has 0 bridgehead atoms. The topological polar surface area (TPSA) is 135 Å². The van der Waals surface area contributed by atoms with Crippen LogP contribution in [0.15, 0.2) is 60.9 Å². The van der Waals surface area contributed by atoms with Crippen molar-refractivity contribution in [1.82, 2.24) is 19.9 Å². The number of aliphatic carboxylic acids is 1. The second kappa shape index (κ2) is 12.4. The fourth-order valence-electron chi connectivity index (χ4n) is 6.45. The van der Waals surface area contributed by atoms with Crippen LogP contribution in [0.1, 0.15) is 25.6 Å². The van der Waals surface area contributed by atoms with E-state index in [0.29, 0.717) is 43.7 Å². The molecular formula is C33H34F2N6O6. The number of H-pyrrole nitrogens is 1. The number of hydrogen-bond acceptors (Lipinski definition) is 10. The highest BCUT2D eigenvalue weighted by molar-refractivity contribution is 5.79. The number of nitrogens with one attached hydrogen (secondary N) is 1. The van der Waals surface area contributed by atoms with E-state index in [1.54, 1.807) is 31.6 Å². The van der Waals surface area contributed by atoms with E-state index < -0.39 is 36.0 Å². The molecule has 3 saturated heterocycles. The van der Waals surface area contributed by atoms with Gasteiger partial charge in [-0.15, -0.1) is 0 Å². The molecule has 0 radical (unpaired) electrons. The van der Waals surface area contributed by atoms with Crippen LogP contribution < -0.4 is 19.3 Å². The van der Waals surface area contributed by atoms with Crippen molar-refractivity contribution in [3.63, 3.8) is 0 Å². The van der Waals surface area contributed by atoms with E-state index >= 15 is 0 Å². The van der Waals surface area contributed by atoms with Crippen LogP contribution in [-0.2, 0) is 14.3 Å². The van der Waals surface area contributed by atoms with E-state index in [9.17, 15) is 18.7 Å². The third-order valence-corrected chi connectivity index (χ3v) is 9.11. The molecule has 6 heterocycles. The Bertz CT molecular complexity index is 1750. The molecule has 4 aromatic rings. The summed E-state index contributed by atoms with van der Waals surface area (Å²) in [6.07, 6.45) is -0.142. The Morgan fingerprint density at radius 3 is 2.68 bits per heavy atom.